The second-order valence-electron chi connectivity index (χ2n) is 6.02. The van der Waals surface area contributed by atoms with Crippen LogP contribution >= 0.6 is 0 Å². The van der Waals surface area contributed by atoms with Crippen LogP contribution in [0.15, 0.2) is 12.1 Å². The van der Waals surface area contributed by atoms with E-state index in [1.165, 1.54) is 11.0 Å². The van der Waals surface area contributed by atoms with Crippen LogP contribution in [-0.4, -0.2) is 39.4 Å². The molecule has 8 heteroatoms. The molecule has 1 N–H and O–H groups in total. The highest BCUT2D eigenvalue weighted by atomic mass is 19.4. The van der Waals surface area contributed by atoms with Crippen molar-refractivity contribution in [2.45, 2.75) is 25.4 Å². The molecule has 1 aliphatic heterocycles. The Balaban J connectivity index is 1.50. The van der Waals surface area contributed by atoms with Crippen molar-refractivity contribution in [2.75, 3.05) is 13.1 Å². The molecule has 1 amide bonds. The second kappa shape index (κ2) is 4.57. The van der Waals surface area contributed by atoms with Gasteiger partial charge in [-0.05, 0) is 37.3 Å². The first-order valence-corrected chi connectivity index (χ1v) is 6.65. The Labute approximate surface area is 118 Å². The van der Waals surface area contributed by atoms with E-state index in [-0.39, 0.29) is 5.41 Å². The lowest BCUT2D eigenvalue weighted by Gasteiger charge is -2.58. The molecule has 0 atom stereocenters. The van der Waals surface area contributed by atoms with E-state index in [0.717, 1.165) is 18.9 Å². The first-order chi connectivity index (χ1) is 9.77. The molecule has 0 unspecified atom stereocenters. The van der Waals surface area contributed by atoms with Gasteiger partial charge in [0.1, 0.15) is 0 Å². The van der Waals surface area contributed by atoms with E-state index in [0.29, 0.717) is 31.1 Å². The third kappa shape index (κ3) is 2.66. The van der Waals surface area contributed by atoms with Gasteiger partial charge in [-0.1, -0.05) is 0 Å². The predicted octanol–water partition coefficient (Wildman–Crippen LogP) is 2.43. The summed E-state index contributed by atoms with van der Waals surface area (Å²) >= 11 is 0. The highest BCUT2D eigenvalue weighted by molar-refractivity contribution is 5.66. The van der Waals surface area contributed by atoms with E-state index in [4.69, 9.17) is 5.11 Å². The molecule has 2 aliphatic rings. The quantitative estimate of drug-likeness (QED) is 0.911. The topological polar surface area (TPSA) is 66.3 Å². The lowest BCUT2D eigenvalue weighted by molar-refractivity contribution is -0.141. The molecule has 114 valence electrons. The van der Waals surface area contributed by atoms with Crippen LogP contribution < -0.4 is 0 Å². The molecule has 1 aliphatic carbocycles. The van der Waals surface area contributed by atoms with Crippen LogP contribution in [0.25, 0.3) is 0 Å². The minimum Gasteiger partial charge on any atom is -0.465 e. The second-order valence-corrected chi connectivity index (χ2v) is 6.02. The van der Waals surface area contributed by atoms with Crippen LogP contribution in [0, 0.1) is 11.3 Å². The Morgan fingerprint density at radius 2 is 2.00 bits per heavy atom. The van der Waals surface area contributed by atoms with Gasteiger partial charge in [-0.2, -0.15) is 18.3 Å². The zero-order chi connectivity index (χ0) is 15.3. The summed E-state index contributed by atoms with van der Waals surface area (Å²) < 4.78 is 37.1. The lowest BCUT2D eigenvalue weighted by Crippen LogP contribution is -2.63. The first-order valence-electron chi connectivity index (χ1n) is 6.65. The van der Waals surface area contributed by atoms with Crippen molar-refractivity contribution in [2.24, 2.45) is 11.3 Å². The fourth-order valence-corrected chi connectivity index (χ4v) is 3.38. The monoisotopic (exact) mass is 301 g/mol. The molecule has 1 aromatic heterocycles. The van der Waals surface area contributed by atoms with Crippen molar-refractivity contribution >= 4 is 6.09 Å². The molecule has 2 heterocycles. The number of alkyl halides is 3. The third-order valence-electron chi connectivity index (χ3n) is 4.27. The molecule has 0 aromatic carbocycles. The fourth-order valence-electron chi connectivity index (χ4n) is 3.38. The Morgan fingerprint density at radius 3 is 2.48 bits per heavy atom. The Kier molecular flexibility index (Phi) is 3.07. The van der Waals surface area contributed by atoms with Gasteiger partial charge >= 0.3 is 12.3 Å². The minimum atomic E-state index is -4.46. The van der Waals surface area contributed by atoms with E-state index in [2.05, 4.69) is 10.2 Å². The summed E-state index contributed by atoms with van der Waals surface area (Å²) in [6.07, 6.45) is -2.95. The molecule has 2 fully saturated rings. The summed E-state index contributed by atoms with van der Waals surface area (Å²) in [5, 5.41) is 15.6. The van der Waals surface area contributed by atoms with Crippen molar-refractivity contribution < 1.29 is 23.1 Å². The smallest absolute Gasteiger partial charge is 0.435 e. The first kappa shape index (κ1) is 14.1. The number of aromatic nitrogens is 2. The van der Waals surface area contributed by atoms with E-state index in [1.807, 2.05) is 0 Å². The molecule has 0 radical (unpaired) electrons. The molecule has 5 nitrogen and oxygen atoms in total. The van der Waals surface area contributed by atoms with Crippen LogP contribution in [0.5, 0.6) is 0 Å². The van der Waals surface area contributed by atoms with Gasteiger partial charge in [0.05, 0.1) is 5.69 Å². The fraction of sp³-hybridized carbons (Fsp3) is 0.615. The Bertz CT molecular complexity index is 545. The van der Waals surface area contributed by atoms with Gasteiger partial charge in [0.2, 0.25) is 0 Å². The van der Waals surface area contributed by atoms with Crippen LogP contribution in [0.1, 0.15) is 24.2 Å². The van der Waals surface area contributed by atoms with Gasteiger partial charge < -0.3 is 10.0 Å². The van der Waals surface area contributed by atoms with Gasteiger partial charge in [-0.25, -0.2) is 4.79 Å². The molecule has 1 saturated carbocycles. The molecular weight excluding hydrogens is 287 g/mol. The van der Waals surface area contributed by atoms with Gasteiger partial charge in [0.25, 0.3) is 0 Å². The highest BCUT2D eigenvalue weighted by Crippen LogP contribution is 2.52. The largest absolute Gasteiger partial charge is 0.465 e. The normalized spacial score (nSPS) is 21.0. The molecule has 1 aromatic rings. The SMILES string of the molecule is O=C(O)N1CC2(CC(Cc3ccc(C(F)(F)F)nn3)C2)C1. The number of rotatable bonds is 2. The van der Waals surface area contributed by atoms with E-state index in [9.17, 15) is 18.0 Å². The van der Waals surface area contributed by atoms with Crippen molar-refractivity contribution in [3.05, 3.63) is 23.5 Å². The Hall–Kier alpha value is -1.86. The van der Waals surface area contributed by atoms with Gasteiger partial charge in [0, 0.05) is 18.5 Å². The summed E-state index contributed by atoms with van der Waals surface area (Å²) in [5.41, 5.74) is -0.327. The standard InChI is InChI=1S/C13H14F3N3O2/c14-13(15,16)10-2-1-9(17-18-10)3-8-4-12(5-8)6-19(7-12)11(20)21/h1-2,8H,3-7H2,(H,20,21). The number of carbonyl (C=O) groups is 1. The maximum atomic E-state index is 12.4. The van der Waals surface area contributed by atoms with Gasteiger partial charge in [-0.3, -0.25) is 0 Å². The molecule has 1 spiro atoms. The molecule has 3 rings (SSSR count). The number of hydrogen-bond donors (Lipinski definition) is 1. The maximum absolute atomic E-state index is 12.4. The maximum Gasteiger partial charge on any atom is 0.435 e. The molecule has 21 heavy (non-hydrogen) atoms. The number of likely N-dealkylation sites (tertiary alicyclic amines) is 1. The van der Waals surface area contributed by atoms with Gasteiger partial charge in [-0.15, -0.1) is 5.10 Å². The van der Waals surface area contributed by atoms with Crippen LogP contribution in [0.3, 0.4) is 0 Å². The van der Waals surface area contributed by atoms with E-state index in [1.54, 1.807) is 0 Å². The third-order valence-corrected chi connectivity index (χ3v) is 4.27. The lowest BCUT2D eigenvalue weighted by atomic mass is 9.57. The van der Waals surface area contributed by atoms with E-state index < -0.39 is 18.0 Å². The number of nitrogens with zero attached hydrogens (tertiary/aromatic N) is 3. The summed E-state index contributed by atoms with van der Waals surface area (Å²) in [5.74, 6) is 0.354. The predicted molar refractivity (Wildman–Crippen MR) is 65.5 cm³/mol. The number of carboxylic acid groups (broad SMARTS) is 1. The number of hydrogen-bond acceptors (Lipinski definition) is 3. The van der Waals surface area contributed by atoms with Crippen LogP contribution in [0.2, 0.25) is 0 Å². The van der Waals surface area contributed by atoms with E-state index >= 15 is 0 Å². The average molecular weight is 301 g/mol. The summed E-state index contributed by atoms with van der Waals surface area (Å²) in [6.45, 7) is 1.13. The molecule has 1 saturated heterocycles. The van der Waals surface area contributed by atoms with Crippen molar-refractivity contribution in [3.63, 3.8) is 0 Å². The van der Waals surface area contributed by atoms with Crippen molar-refractivity contribution in [1.29, 1.82) is 0 Å². The summed E-state index contributed by atoms with van der Waals surface area (Å²) in [4.78, 5) is 12.1. The highest BCUT2D eigenvalue weighted by Gasteiger charge is 2.53. The zero-order valence-corrected chi connectivity index (χ0v) is 11.1. The van der Waals surface area contributed by atoms with Crippen LogP contribution in [0.4, 0.5) is 18.0 Å². The zero-order valence-electron chi connectivity index (χ0n) is 11.1. The van der Waals surface area contributed by atoms with Crippen molar-refractivity contribution in [3.8, 4) is 0 Å². The summed E-state index contributed by atoms with van der Waals surface area (Å²) in [6, 6.07) is 2.32. The van der Waals surface area contributed by atoms with Crippen LogP contribution in [-0.2, 0) is 12.6 Å². The Morgan fingerprint density at radius 1 is 1.33 bits per heavy atom. The molecular formula is C13H14F3N3O2. The average Bonchev–Trinajstić information content (AvgIpc) is 2.29. The number of amides is 1. The molecule has 0 bridgehead atoms. The van der Waals surface area contributed by atoms with Crippen molar-refractivity contribution in [1.82, 2.24) is 15.1 Å². The van der Waals surface area contributed by atoms with Gasteiger partial charge in [0.15, 0.2) is 5.69 Å². The number of halogens is 3. The minimum absolute atomic E-state index is 0.0996. The summed E-state index contributed by atoms with van der Waals surface area (Å²) in [7, 11) is 0.